The van der Waals surface area contributed by atoms with E-state index in [4.69, 9.17) is 10.2 Å². The van der Waals surface area contributed by atoms with Crippen molar-refractivity contribution in [1.29, 1.82) is 0 Å². The number of hydroxylamine groups is 1. The van der Waals surface area contributed by atoms with Crippen molar-refractivity contribution in [2.75, 3.05) is 13.2 Å². The Bertz CT molecular complexity index is 151. The highest BCUT2D eigenvalue weighted by atomic mass is 16.5. The molecule has 4 heteroatoms. The second kappa shape index (κ2) is 2.56. The number of hydrogen-bond acceptors (Lipinski definition) is 3. The summed E-state index contributed by atoms with van der Waals surface area (Å²) in [5.74, 6) is 0. The molecule has 0 saturated heterocycles. The summed E-state index contributed by atoms with van der Waals surface area (Å²) < 4.78 is 0.660. The van der Waals surface area contributed by atoms with Crippen LogP contribution in [-0.2, 0) is 0 Å². The molecule has 10 heavy (non-hydrogen) atoms. The van der Waals surface area contributed by atoms with Crippen LogP contribution in [0.3, 0.4) is 0 Å². The van der Waals surface area contributed by atoms with E-state index in [1.54, 1.807) is 0 Å². The Morgan fingerprint density at radius 1 is 1.50 bits per heavy atom. The van der Waals surface area contributed by atoms with Gasteiger partial charge in [0.1, 0.15) is 13.2 Å². The van der Waals surface area contributed by atoms with Gasteiger partial charge in [0.15, 0.2) is 6.21 Å². The summed E-state index contributed by atoms with van der Waals surface area (Å²) in [4.78, 5) is 0. The van der Waals surface area contributed by atoms with Crippen LogP contribution >= 0.6 is 0 Å². The molecule has 0 unspecified atom stereocenters. The van der Waals surface area contributed by atoms with Crippen molar-refractivity contribution >= 4 is 6.21 Å². The number of aliphatic hydroxyl groups is 2. The Labute approximate surface area is 59.0 Å². The fraction of sp³-hybridized carbons (Fsp3) is 0.833. The zero-order valence-corrected chi connectivity index (χ0v) is 5.66. The smallest absolute Gasteiger partial charge is 0.218 e. The molecule has 0 bridgehead atoms. The van der Waals surface area contributed by atoms with Gasteiger partial charge in [0.25, 0.3) is 0 Å². The van der Waals surface area contributed by atoms with Crippen LogP contribution < -0.4 is 0 Å². The molecule has 0 amide bonds. The van der Waals surface area contributed by atoms with Crippen LogP contribution in [0.4, 0.5) is 0 Å². The summed E-state index contributed by atoms with van der Waals surface area (Å²) in [6.45, 7) is -0.549. The van der Waals surface area contributed by atoms with Crippen LogP contribution in [0.1, 0.15) is 12.8 Å². The summed E-state index contributed by atoms with van der Waals surface area (Å²) in [6, 6.07) is 0. The standard InChI is InChI=1S/C6H11NO3/c8-4-6(5-9)2-1-3-7(6)10/h3,8-9H,1-2,4-5H2. The summed E-state index contributed by atoms with van der Waals surface area (Å²) in [6.07, 6.45) is 2.64. The fourth-order valence-corrected chi connectivity index (χ4v) is 1.10. The maximum absolute atomic E-state index is 10.9. The zero-order chi connectivity index (χ0) is 7.61. The molecule has 0 atom stereocenters. The number of hydrogen-bond donors (Lipinski definition) is 2. The van der Waals surface area contributed by atoms with E-state index < -0.39 is 5.54 Å². The molecular weight excluding hydrogens is 134 g/mol. The normalized spacial score (nSPS) is 22.8. The molecule has 0 aliphatic carbocycles. The SMILES string of the molecule is [O-][N+]1=CCCC1(CO)CO. The maximum atomic E-state index is 10.9. The first-order chi connectivity index (χ1) is 4.75. The Morgan fingerprint density at radius 2 is 2.10 bits per heavy atom. The van der Waals surface area contributed by atoms with Gasteiger partial charge in [0, 0.05) is 12.8 Å². The predicted octanol–water partition coefficient (Wildman–Crippen LogP) is -0.915. The van der Waals surface area contributed by atoms with Crippen LogP contribution in [0.15, 0.2) is 0 Å². The van der Waals surface area contributed by atoms with Gasteiger partial charge in [-0.1, -0.05) is 0 Å². The number of nitrogens with zero attached hydrogens (tertiary/aromatic N) is 1. The van der Waals surface area contributed by atoms with Crippen molar-refractivity contribution in [1.82, 2.24) is 0 Å². The lowest BCUT2D eigenvalue weighted by Crippen LogP contribution is -2.43. The van der Waals surface area contributed by atoms with Gasteiger partial charge >= 0.3 is 0 Å². The molecule has 58 valence electrons. The Kier molecular flexibility index (Phi) is 1.92. The Balaban J connectivity index is 2.74. The Morgan fingerprint density at radius 3 is 2.30 bits per heavy atom. The molecule has 0 aromatic carbocycles. The molecule has 0 saturated carbocycles. The topological polar surface area (TPSA) is 66.5 Å². The third-order valence-electron chi connectivity index (χ3n) is 1.96. The molecule has 1 aliphatic heterocycles. The average molecular weight is 145 g/mol. The molecular formula is C6H11NO3. The fourth-order valence-electron chi connectivity index (χ4n) is 1.10. The first kappa shape index (κ1) is 7.50. The lowest BCUT2D eigenvalue weighted by molar-refractivity contribution is -0.545. The number of aliphatic hydroxyl groups excluding tert-OH is 2. The van der Waals surface area contributed by atoms with Gasteiger partial charge in [0.2, 0.25) is 5.54 Å². The highest BCUT2D eigenvalue weighted by Crippen LogP contribution is 2.20. The van der Waals surface area contributed by atoms with Crippen molar-refractivity contribution in [3.63, 3.8) is 0 Å². The van der Waals surface area contributed by atoms with E-state index in [2.05, 4.69) is 0 Å². The monoisotopic (exact) mass is 145 g/mol. The zero-order valence-electron chi connectivity index (χ0n) is 5.66. The summed E-state index contributed by atoms with van der Waals surface area (Å²) in [7, 11) is 0. The van der Waals surface area contributed by atoms with Gasteiger partial charge in [-0.3, -0.25) is 0 Å². The van der Waals surface area contributed by atoms with E-state index in [9.17, 15) is 5.21 Å². The first-order valence-electron chi connectivity index (χ1n) is 3.27. The first-order valence-corrected chi connectivity index (χ1v) is 3.27. The largest absolute Gasteiger partial charge is 0.623 e. The van der Waals surface area contributed by atoms with Gasteiger partial charge in [-0.05, 0) is 0 Å². The third-order valence-corrected chi connectivity index (χ3v) is 1.96. The quantitative estimate of drug-likeness (QED) is 0.390. The van der Waals surface area contributed by atoms with Crippen LogP contribution in [0.5, 0.6) is 0 Å². The second-order valence-corrected chi connectivity index (χ2v) is 2.59. The molecule has 0 aromatic heterocycles. The van der Waals surface area contributed by atoms with E-state index in [1.807, 2.05) is 0 Å². The van der Waals surface area contributed by atoms with Crippen LogP contribution in [0, 0.1) is 5.21 Å². The van der Waals surface area contributed by atoms with E-state index in [0.717, 1.165) is 0 Å². The molecule has 0 aromatic rings. The van der Waals surface area contributed by atoms with E-state index in [-0.39, 0.29) is 13.2 Å². The van der Waals surface area contributed by atoms with Crippen LogP contribution in [0.2, 0.25) is 0 Å². The molecule has 2 N–H and O–H groups in total. The minimum Gasteiger partial charge on any atom is -0.623 e. The minimum absolute atomic E-state index is 0.274. The van der Waals surface area contributed by atoms with Crippen molar-refractivity contribution in [2.45, 2.75) is 18.4 Å². The summed E-state index contributed by atoms with van der Waals surface area (Å²) >= 11 is 0. The van der Waals surface area contributed by atoms with Gasteiger partial charge in [-0.25, -0.2) is 4.74 Å². The molecule has 0 spiro atoms. The predicted molar refractivity (Wildman–Crippen MR) is 35.8 cm³/mol. The summed E-state index contributed by atoms with van der Waals surface area (Å²) in [5.41, 5.74) is -0.931. The van der Waals surface area contributed by atoms with Gasteiger partial charge in [0.05, 0.1) is 0 Å². The molecule has 0 radical (unpaired) electrons. The molecule has 1 aliphatic rings. The maximum Gasteiger partial charge on any atom is 0.218 e. The minimum atomic E-state index is -0.931. The van der Waals surface area contributed by atoms with E-state index in [0.29, 0.717) is 17.6 Å². The second-order valence-electron chi connectivity index (χ2n) is 2.59. The van der Waals surface area contributed by atoms with Crippen LogP contribution in [-0.4, -0.2) is 39.9 Å². The van der Waals surface area contributed by atoms with Crippen molar-refractivity contribution in [2.24, 2.45) is 0 Å². The van der Waals surface area contributed by atoms with Gasteiger partial charge in [-0.15, -0.1) is 0 Å². The van der Waals surface area contributed by atoms with Crippen molar-refractivity contribution in [3.05, 3.63) is 5.21 Å². The van der Waals surface area contributed by atoms with Crippen molar-refractivity contribution in [3.8, 4) is 0 Å². The van der Waals surface area contributed by atoms with Crippen molar-refractivity contribution < 1.29 is 15.0 Å². The third kappa shape index (κ3) is 0.892. The van der Waals surface area contributed by atoms with Gasteiger partial charge in [-0.2, -0.15) is 0 Å². The molecule has 4 nitrogen and oxygen atoms in total. The van der Waals surface area contributed by atoms with E-state index >= 15 is 0 Å². The lowest BCUT2D eigenvalue weighted by atomic mass is 10.00. The lowest BCUT2D eigenvalue weighted by Gasteiger charge is -2.22. The van der Waals surface area contributed by atoms with E-state index in [1.165, 1.54) is 6.21 Å². The number of rotatable bonds is 2. The molecule has 0 fully saturated rings. The summed E-state index contributed by atoms with van der Waals surface area (Å²) in [5, 5.41) is 28.4. The van der Waals surface area contributed by atoms with Gasteiger partial charge < -0.3 is 15.4 Å². The average Bonchev–Trinajstić information content (AvgIpc) is 2.32. The highest BCUT2D eigenvalue weighted by Gasteiger charge is 2.40. The van der Waals surface area contributed by atoms with Crippen LogP contribution in [0.25, 0.3) is 0 Å². The molecule has 1 heterocycles. The molecule has 1 rings (SSSR count). The highest BCUT2D eigenvalue weighted by molar-refractivity contribution is 5.53. The Hall–Kier alpha value is -0.610.